The van der Waals surface area contributed by atoms with E-state index in [1.54, 1.807) is 9.80 Å². The van der Waals surface area contributed by atoms with Crippen molar-refractivity contribution >= 4 is 23.4 Å². The molecule has 2 aliphatic heterocycles. The molecule has 0 radical (unpaired) electrons. The maximum absolute atomic E-state index is 13.8. The molecule has 7 heteroatoms. The lowest BCUT2D eigenvalue weighted by atomic mass is 9.83. The Bertz CT molecular complexity index is 840. The summed E-state index contributed by atoms with van der Waals surface area (Å²) in [4.78, 5) is 47.3. The van der Waals surface area contributed by atoms with Crippen LogP contribution in [0.3, 0.4) is 0 Å². The summed E-state index contributed by atoms with van der Waals surface area (Å²) in [6, 6.07) is 10.0. The molecule has 0 bridgehead atoms. The second kappa shape index (κ2) is 10.1. The van der Waals surface area contributed by atoms with Crippen LogP contribution in [0.15, 0.2) is 30.3 Å². The monoisotopic (exact) mass is 454 g/mol. The lowest BCUT2D eigenvalue weighted by Crippen LogP contribution is -2.58. The molecule has 1 saturated carbocycles. The van der Waals surface area contributed by atoms with E-state index in [0.29, 0.717) is 45.7 Å². The summed E-state index contributed by atoms with van der Waals surface area (Å²) in [6.07, 6.45) is 6.72. The van der Waals surface area contributed by atoms with Crippen LogP contribution >= 0.6 is 0 Å². The van der Waals surface area contributed by atoms with Gasteiger partial charge in [0.1, 0.15) is 12.1 Å². The largest absolute Gasteiger partial charge is 0.342 e. The first kappa shape index (κ1) is 23.6. The van der Waals surface area contributed by atoms with Crippen molar-refractivity contribution in [1.29, 1.82) is 0 Å². The van der Waals surface area contributed by atoms with Gasteiger partial charge in [0, 0.05) is 37.8 Å². The third-order valence-electron chi connectivity index (χ3n) is 7.88. The minimum Gasteiger partial charge on any atom is -0.342 e. The fourth-order valence-corrected chi connectivity index (χ4v) is 5.87. The summed E-state index contributed by atoms with van der Waals surface area (Å²) in [5.74, 6) is 0.440. The number of hydrogen-bond donors (Lipinski definition) is 0. The van der Waals surface area contributed by atoms with E-state index < -0.39 is 5.54 Å². The highest BCUT2D eigenvalue weighted by Gasteiger charge is 2.54. The standard InChI is InChI=1S/C26H38N4O3/c1-3-27(4-2)23(31)19-29-20-30(22-13-9-6-10-14-22)26(25(29)33)15-17-28(18-16-26)24(32)21-11-7-5-8-12-21/h6,9-10,13-14,21H,3-5,7-8,11-12,15-20H2,1-2H3. The Morgan fingerprint density at radius 2 is 1.64 bits per heavy atom. The molecule has 1 aromatic rings. The van der Waals surface area contributed by atoms with Crippen LogP contribution in [0.4, 0.5) is 5.69 Å². The SMILES string of the molecule is CCN(CC)C(=O)CN1CN(c2ccccc2)C2(CCN(C(=O)C3CCCCC3)CC2)C1=O. The lowest BCUT2D eigenvalue weighted by Gasteiger charge is -2.44. The number of likely N-dealkylation sites (N-methyl/N-ethyl adjacent to an activating group) is 1. The highest BCUT2D eigenvalue weighted by Crippen LogP contribution is 2.40. The van der Waals surface area contributed by atoms with Crippen LogP contribution in [-0.2, 0) is 14.4 Å². The van der Waals surface area contributed by atoms with E-state index in [9.17, 15) is 14.4 Å². The molecule has 3 aliphatic rings. The number of likely N-dealkylation sites (tertiary alicyclic amines) is 1. The summed E-state index contributed by atoms with van der Waals surface area (Å²) in [7, 11) is 0. The predicted octanol–water partition coefficient (Wildman–Crippen LogP) is 3.10. The van der Waals surface area contributed by atoms with Crippen molar-refractivity contribution in [3.05, 3.63) is 30.3 Å². The van der Waals surface area contributed by atoms with Gasteiger partial charge in [0.25, 0.3) is 5.91 Å². The Hall–Kier alpha value is -2.57. The van der Waals surface area contributed by atoms with Gasteiger partial charge in [0.05, 0.1) is 6.67 Å². The van der Waals surface area contributed by atoms with Gasteiger partial charge in [0.2, 0.25) is 11.8 Å². The third kappa shape index (κ3) is 4.59. The quantitative estimate of drug-likeness (QED) is 0.663. The van der Waals surface area contributed by atoms with Crippen LogP contribution in [0.1, 0.15) is 58.8 Å². The Morgan fingerprint density at radius 1 is 1.00 bits per heavy atom. The van der Waals surface area contributed by atoms with Crippen LogP contribution in [0.25, 0.3) is 0 Å². The van der Waals surface area contributed by atoms with Gasteiger partial charge in [-0.25, -0.2) is 0 Å². The molecule has 2 heterocycles. The van der Waals surface area contributed by atoms with Crippen LogP contribution in [0.2, 0.25) is 0 Å². The molecule has 180 valence electrons. The van der Waals surface area contributed by atoms with Crippen molar-refractivity contribution in [2.24, 2.45) is 5.92 Å². The zero-order chi connectivity index (χ0) is 23.4. The van der Waals surface area contributed by atoms with Crippen LogP contribution in [0, 0.1) is 5.92 Å². The molecule has 1 aromatic carbocycles. The molecule has 1 aliphatic carbocycles. The number of rotatable bonds is 6. The molecular weight excluding hydrogens is 416 g/mol. The third-order valence-corrected chi connectivity index (χ3v) is 7.88. The van der Waals surface area contributed by atoms with Gasteiger partial charge < -0.3 is 19.6 Å². The van der Waals surface area contributed by atoms with Gasteiger partial charge in [0.15, 0.2) is 0 Å². The van der Waals surface area contributed by atoms with E-state index in [4.69, 9.17) is 0 Å². The number of carbonyl (C=O) groups is 3. The predicted molar refractivity (Wildman–Crippen MR) is 129 cm³/mol. The van der Waals surface area contributed by atoms with Crippen molar-refractivity contribution in [2.75, 3.05) is 44.3 Å². The van der Waals surface area contributed by atoms with E-state index >= 15 is 0 Å². The molecule has 3 amide bonds. The van der Waals surface area contributed by atoms with Gasteiger partial charge in [-0.2, -0.15) is 0 Å². The Morgan fingerprint density at radius 3 is 2.24 bits per heavy atom. The van der Waals surface area contributed by atoms with Gasteiger partial charge in [-0.3, -0.25) is 14.4 Å². The zero-order valence-corrected chi connectivity index (χ0v) is 20.2. The van der Waals surface area contributed by atoms with Gasteiger partial charge in [-0.05, 0) is 51.7 Å². The Labute approximate surface area is 197 Å². The second-order valence-electron chi connectivity index (χ2n) is 9.67. The number of para-hydroxylation sites is 1. The second-order valence-corrected chi connectivity index (χ2v) is 9.67. The number of hydrogen-bond acceptors (Lipinski definition) is 4. The molecule has 4 rings (SSSR count). The van der Waals surface area contributed by atoms with Crippen LogP contribution in [-0.4, -0.2) is 77.4 Å². The van der Waals surface area contributed by atoms with Gasteiger partial charge >= 0.3 is 0 Å². The van der Waals surface area contributed by atoms with Crippen molar-refractivity contribution < 1.29 is 14.4 Å². The van der Waals surface area contributed by atoms with Gasteiger partial charge in [-0.15, -0.1) is 0 Å². The molecule has 0 unspecified atom stereocenters. The molecule has 7 nitrogen and oxygen atoms in total. The van der Waals surface area contributed by atoms with E-state index in [1.165, 1.54) is 6.42 Å². The average Bonchev–Trinajstić information content (AvgIpc) is 3.12. The number of anilines is 1. The molecule has 1 spiro atoms. The van der Waals surface area contributed by atoms with Gasteiger partial charge in [-0.1, -0.05) is 37.5 Å². The highest BCUT2D eigenvalue weighted by atomic mass is 16.2. The topological polar surface area (TPSA) is 64.2 Å². The maximum Gasteiger partial charge on any atom is 0.250 e. The number of carbonyl (C=O) groups excluding carboxylic acids is 3. The summed E-state index contributed by atoms with van der Waals surface area (Å²) >= 11 is 0. The van der Waals surface area contributed by atoms with Crippen molar-refractivity contribution in [3.63, 3.8) is 0 Å². The first-order valence-electron chi connectivity index (χ1n) is 12.7. The number of nitrogens with zero attached hydrogens (tertiary/aromatic N) is 4. The normalized spacial score (nSPS) is 21.0. The van der Waals surface area contributed by atoms with Crippen LogP contribution < -0.4 is 4.90 Å². The van der Waals surface area contributed by atoms with E-state index in [-0.39, 0.29) is 30.2 Å². The Balaban J connectivity index is 1.52. The fraction of sp³-hybridized carbons (Fsp3) is 0.654. The van der Waals surface area contributed by atoms with E-state index in [2.05, 4.69) is 4.90 Å². The maximum atomic E-state index is 13.8. The number of amides is 3. The summed E-state index contributed by atoms with van der Waals surface area (Å²) in [5, 5.41) is 0. The lowest BCUT2D eigenvalue weighted by molar-refractivity contribution is -0.143. The average molecular weight is 455 g/mol. The Kier molecular flexibility index (Phi) is 7.25. The molecular formula is C26H38N4O3. The summed E-state index contributed by atoms with van der Waals surface area (Å²) in [6.45, 7) is 6.92. The molecule has 0 atom stereocenters. The number of piperidine rings is 1. The van der Waals surface area contributed by atoms with E-state index in [0.717, 1.165) is 31.4 Å². The molecule has 0 aromatic heterocycles. The first-order valence-corrected chi connectivity index (χ1v) is 12.7. The first-order chi connectivity index (χ1) is 16.0. The molecule has 3 fully saturated rings. The number of benzene rings is 1. The molecule has 33 heavy (non-hydrogen) atoms. The van der Waals surface area contributed by atoms with Crippen molar-refractivity contribution in [3.8, 4) is 0 Å². The zero-order valence-electron chi connectivity index (χ0n) is 20.2. The smallest absolute Gasteiger partial charge is 0.250 e. The van der Waals surface area contributed by atoms with Crippen LogP contribution in [0.5, 0.6) is 0 Å². The fourth-order valence-electron chi connectivity index (χ4n) is 5.87. The van der Waals surface area contributed by atoms with E-state index in [1.807, 2.05) is 49.1 Å². The minimum atomic E-state index is -0.686. The molecule has 2 saturated heterocycles. The van der Waals surface area contributed by atoms with Crippen molar-refractivity contribution in [1.82, 2.24) is 14.7 Å². The minimum absolute atomic E-state index is 0.0108. The highest BCUT2D eigenvalue weighted by molar-refractivity contribution is 5.96. The summed E-state index contributed by atoms with van der Waals surface area (Å²) < 4.78 is 0. The van der Waals surface area contributed by atoms with Crippen molar-refractivity contribution in [2.45, 2.75) is 64.3 Å². The molecule has 0 N–H and O–H groups in total. The summed E-state index contributed by atoms with van der Waals surface area (Å²) in [5.41, 5.74) is 0.310.